The maximum Gasteiger partial charge on any atom is 0.226 e. The molecule has 146 valence electrons. The van der Waals surface area contributed by atoms with Gasteiger partial charge < -0.3 is 4.90 Å². The number of benzene rings is 3. The molecule has 2 heteroatoms. The smallest absolute Gasteiger partial charge is 0.226 e. The van der Waals surface area contributed by atoms with Crippen molar-refractivity contribution in [2.45, 2.75) is 30.6 Å². The van der Waals surface area contributed by atoms with E-state index in [2.05, 4.69) is 95.9 Å². The molecular weight excluding hydrogens is 354 g/mol. The van der Waals surface area contributed by atoms with E-state index in [4.69, 9.17) is 0 Å². The molecule has 1 saturated carbocycles. The molecule has 1 amide bonds. The maximum absolute atomic E-state index is 13.5. The van der Waals surface area contributed by atoms with Crippen LogP contribution in [0.15, 0.2) is 91.0 Å². The molecule has 5 rings (SSSR count). The molecule has 0 spiro atoms. The zero-order valence-corrected chi connectivity index (χ0v) is 16.7. The van der Waals surface area contributed by atoms with Gasteiger partial charge in [0.05, 0.1) is 0 Å². The molecule has 1 aliphatic heterocycles. The average Bonchev–Trinajstić information content (AvgIpc) is 3.31. The molecule has 1 saturated heterocycles. The molecule has 2 fully saturated rings. The van der Waals surface area contributed by atoms with Crippen molar-refractivity contribution in [1.82, 2.24) is 4.90 Å². The van der Waals surface area contributed by atoms with Gasteiger partial charge in [-0.15, -0.1) is 0 Å². The first-order valence-electron chi connectivity index (χ1n) is 10.8. The molecular formula is C27H27NO. The zero-order valence-electron chi connectivity index (χ0n) is 16.7. The maximum atomic E-state index is 13.5. The Kier molecular flexibility index (Phi) is 4.71. The van der Waals surface area contributed by atoms with Crippen molar-refractivity contribution in [3.05, 3.63) is 108 Å². The Morgan fingerprint density at radius 3 is 1.72 bits per heavy atom. The third kappa shape index (κ3) is 2.98. The number of likely N-dealkylation sites (tertiary alicyclic amines) is 1. The fourth-order valence-corrected chi connectivity index (χ4v) is 5.59. The van der Waals surface area contributed by atoms with Gasteiger partial charge in [0, 0.05) is 30.3 Å². The van der Waals surface area contributed by atoms with Gasteiger partial charge >= 0.3 is 0 Å². The van der Waals surface area contributed by atoms with Crippen LogP contribution < -0.4 is 0 Å². The van der Waals surface area contributed by atoms with Crippen molar-refractivity contribution < 1.29 is 4.79 Å². The second kappa shape index (κ2) is 7.51. The highest BCUT2D eigenvalue weighted by molar-refractivity contribution is 5.83. The minimum atomic E-state index is -0.163. The van der Waals surface area contributed by atoms with Crippen LogP contribution in [0, 0.1) is 5.92 Å². The Hall–Kier alpha value is -2.87. The molecule has 2 atom stereocenters. The standard InChI is InChI=1S/C27H27NO/c29-26(28-18-10-11-19-28)24-20-27(22-14-6-2-7-15-22,23-16-8-3-9-17-23)25(24)21-12-4-1-5-13-21/h1-9,12-17,24-25H,10-11,18-20H2/t24?,25-/m0/s1. The number of rotatable bonds is 4. The highest BCUT2D eigenvalue weighted by atomic mass is 16.2. The van der Waals surface area contributed by atoms with Gasteiger partial charge in [-0.05, 0) is 36.0 Å². The van der Waals surface area contributed by atoms with Crippen LogP contribution >= 0.6 is 0 Å². The fraction of sp³-hybridized carbons (Fsp3) is 0.296. The van der Waals surface area contributed by atoms with Crippen LogP contribution in [-0.2, 0) is 10.2 Å². The van der Waals surface area contributed by atoms with Crippen molar-refractivity contribution in [2.24, 2.45) is 5.92 Å². The summed E-state index contributed by atoms with van der Waals surface area (Å²) in [5, 5.41) is 0. The summed E-state index contributed by atoms with van der Waals surface area (Å²) in [4.78, 5) is 15.6. The lowest BCUT2D eigenvalue weighted by Crippen LogP contribution is -2.56. The van der Waals surface area contributed by atoms with Gasteiger partial charge in [-0.3, -0.25) is 4.79 Å². The van der Waals surface area contributed by atoms with E-state index in [1.807, 2.05) is 0 Å². The van der Waals surface area contributed by atoms with Crippen molar-refractivity contribution >= 4 is 5.91 Å². The van der Waals surface area contributed by atoms with Gasteiger partial charge in [-0.2, -0.15) is 0 Å². The monoisotopic (exact) mass is 381 g/mol. The fourth-order valence-electron chi connectivity index (χ4n) is 5.59. The van der Waals surface area contributed by atoms with Crippen LogP contribution in [0.1, 0.15) is 41.9 Å². The summed E-state index contributed by atoms with van der Waals surface area (Å²) in [6, 6.07) is 32.3. The molecule has 1 aliphatic carbocycles. The van der Waals surface area contributed by atoms with E-state index in [-0.39, 0.29) is 17.3 Å². The summed E-state index contributed by atoms with van der Waals surface area (Å²) < 4.78 is 0. The number of carbonyl (C=O) groups is 1. The SMILES string of the molecule is O=C(C1CC(c2ccccc2)(c2ccccc2)[C@H]1c1ccccc1)N1CCCC1. The lowest BCUT2D eigenvalue weighted by molar-refractivity contribution is -0.140. The van der Waals surface area contributed by atoms with Crippen molar-refractivity contribution in [3.8, 4) is 0 Å². The largest absolute Gasteiger partial charge is 0.342 e. The van der Waals surface area contributed by atoms with Crippen molar-refractivity contribution in [3.63, 3.8) is 0 Å². The summed E-state index contributed by atoms with van der Waals surface area (Å²) in [5.74, 6) is 0.538. The quantitative estimate of drug-likeness (QED) is 0.593. The van der Waals surface area contributed by atoms with E-state index in [0.717, 1.165) is 32.4 Å². The van der Waals surface area contributed by atoms with Gasteiger partial charge in [0.15, 0.2) is 0 Å². The molecule has 2 aliphatic rings. The van der Waals surface area contributed by atoms with Crippen molar-refractivity contribution in [1.29, 1.82) is 0 Å². The Bertz CT molecular complexity index is 922. The number of amides is 1. The van der Waals surface area contributed by atoms with Crippen LogP contribution in [0.4, 0.5) is 0 Å². The van der Waals surface area contributed by atoms with E-state index in [1.54, 1.807) is 0 Å². The molecule has 1 heterocycles. The Balaban J connectivity index is 1.65. The Morgan fingerprint density at radius 1 is 0.724 bits per heavy atom. The number of nitrogens with zero attached hydrogens (tertiary/aromatic N) is 1. The van der Waals surface area contributed by atoms with E-state index in [1.165, 1.54) is 16.7 Å². The molecule has 0 bridgehead atoms. The van der Waals surface area contributed by atoms with E-state index in [9.17, 15) is 4.79 Å². The molecule has 0 N–H and O–H groups in total. The molecule has 0 radical (unpaired) electrons. The third-order valence-electron chi connectivity index (χ3n) is 6.95. The van der Waals surface area contributed by atoms with Crippen LogP contribution in [0.5, 0.6) is 0 Å². The predicted octanol–water partition coefficient (Wildman–Crippen LogP) is 5.40. The molecule has 3 aromatic rings. The summed E-state index contributed by atoms with van der Waals surface area (Å²) in [6.45, 7) is 1.83. The molecule has 2 nitrogen and oxygen atoms in total. The van der Waals surface area contributed by atoms with Crippen LogP contribution in [0.2, 0.25) is 0 Å². The highest BCUT2D eigenvalue weighted by Crippen LogP contribution is 2.62. The number of carbonyl (C=O) groups excluding carboxylic acids is 1. The highest BCUT2D eigenvalue weighted by Gasteiger charge is 2.59. The number of hydrogen-bond acceptors (Lipinski definition) is 1. The first-order chi connectivity index (χ1) is 14.3. The first kappa shape index (κ1) is 18.2. The normalized spacial score (nSPS) is 22.8. The second-order valence-corrected chi connectivity index (χ2v) is 8.43. The minimum absolute atomic E-state index is 0.0379. The lowest BCUT2D eigenvalue weighted by atomic mass is 9.46. The van der Waals surface area contributed by atoms with Crippen LogP contribution in [-0.4, -0.2) is 23.9 Å². The topological polar surface area (TPSA) is 20.3 Å². The zero-order chi connectivity index (χ0) is 19.7. The Morgan fingerprint density at radius 2 is 1.21 bits per heavy atom. The van der Waals surface area contributed by atoms with Crippen molar-refractivity contribution in [2.75, 3.05) is 13.1 Å². The second-order valence-electron chi connectivity index (χ2n) is 8.43. The van der Waals surface area contributed by atoms with Gasteiger partial charge in [-0.1, -0.05) is 91.0 Å². The van der Waals surface area contributed by atoms with Gasteiger partial charge in [0.1, 0.15) is 0 Å². The minimum Gasteiger partial charge on any atom is -0.342 e. The summed E-state index contributed by atoms with van der Waals surface area (Å²) in [5.41, 5.74) is 3.73. The predicted molar refractivity (Wildman–Crippen MR) is 117 cm³/mol. The lowest BCUT2D eigenvalue weighted by Gasteiger charge is -2.56. The summed E-state index contributed by atoms with van der Waals surface area (Å²) in [6.07, 6.45) is 3.14. The van der Waals surface area contributed by atoms with Crippen LogP contribution in [0.25, 0.3) is 0 Å². The van der Waals surface area contributed by atoms with E-state index >= 15 is 0 Å². The van der Waals surface area contributed by atoms with Gasteiger partial charge in [0.25, 0.3) is 0 Å². The average molecular weight is 382 g/mol. The van der Waals surface area contributed by atoms with Gasteiger partial charge in [-0.25, -0.2) is 0 Å². The first-order valence-corrected chi connectivity index (χ1v) is 10.8. The van der Waals surface area contributed by atoms with E-state index in [0.29, 0.717) is 5.91 Å². The van der Waals surface area contributed by atoms with E-state index < -0.39 is 0 Å². The van der Waals surface area contributed by atoms with Gasteiger partial charge in [0.2, 0.25) is 5.91 Å². The van der Waals surface area contributed by atoms with Crippen LogP contribution in [0.3, 0.4) is 0 Å². The number of hydrogen-bond donors (Lipinski definition) is 0. The molecule has 29 heavy (non-hydrogen) atoms. The Labute approximate surface area is 173 Å². The third-order valence-corrected chi connectivity index (χ3v) is 6.95. The summed E-state index contributed by atoms with van der Waals surface area (Å²) >= 11 is 0. The molecule has 0 aromatic heterocycles. The molecule has 1 unspecified atom stereocenters. The molecule has 3 aromatic carbocycles. The summed E-state index contributed by atoms with van der Waals surface area (Å²) in [7, 11) is 0.